The summed E-state index contributed by atoms with van der Waals surface area (Å²) in [6.45, 7) is 10.2. The molecule has 0 unspecified atom stereocenters. The molecule has 0 saturated carbocycles. The summed E-state index contributed by atoms with van der Waals surface area (Å²) in [5, 5.41) is 14.1. The summed E-state index contributed by atoms with van der Waals surface area (Å²) in [7, 11) is 1.73. The Balaban J connectivity index is 2.18. The molecule has 0 saturated heterocycles. The largest absolute Gasteiger partial charge is 0.358 e. The highest BCUT2D eigenvalue weighted by atomic mass is 35.5. The average Bonchev–Trinajstić information content (AvgIpc) is 2.95. The van der Waals surface area contributed by atoms with E-state index in [4.69, 9.17) is 11.6 Å². The first kappa shape index (κ1) is 19.9. The molecule has 0 radical (unpaired) electrons. The normalized spacial score (nSPS) is 11.5. The number of halogens is 1. The quantitative estimate of drug-likeness (QED) is 0.672. The fraction of sp³-hybridized carbons (Fsp3) is 0.318. The summed E-state index contributed by atoms with van der Waals surface area (Å²) in [5.74, 6) is 0. The Morgan fingerprint density at radius 1 is 1.18 bits per heavy atom. The van der Waals surface area contributed by atoms with Crippen molar-refractivity contribution in [1.82, 2.24) is 14.8 Å². The van der Waals surface area contributed by atoms with Crippen LogP contribution in [0.4, 0.5) is 0 Å². The molecule has 3 rings (SSSR count). The van der Waals surface area contributed by atoms with Gasteiger partial charge in [0.05, 0.1) is 5.56 Å². The SMILES string of the molecule is Cc1cc(C(C)(C)C)c(Cl)cc1-c1cc(=O)c(-c2cn(C)nc2C#N)c(C)[nH]1. The van der Waals surface area contributed by atoms with Crippen molar-refractivity contribution in [2.24, 2.45) is 7.05 Å². The van der Waals surface area contributed by atoms with Crippen LogP contribution in [-0.2, 0) is 12.5 Å². The summed E-state index contributed by atoms with van der Waals surface area (Å²) in [6, 6.07) is 7.60. The number of benzene rings is 1. The van der Waals surface area contributed by atoms with Crippen LogP contribution < -0.4 is 5.43 Å². The lowest BCUT2D eigenvalue weighted by Crippen LogP contribution is -2.13. The zero-order valence-corrected chi connectivity index (χ0v) is 17.7. The van der Waals surface area contributed by atoms with Crippen LogP contribution in [0, 0.1) is 25.2 Å². The molecule has 0 aliphatic heterocycles. The van der Waals surface area contributed by atoms with Crippen molar-refractivity contribution >= 4 is 11.6 Å². The minimum absolute atomic E-state index is 0.0679. The second-order valence-electron chi connectivity index (χ2n) is 8.12. The Morgan fingerprint density at radius 3 is 2.43 bits per heavy atom. The highest BCUT2D eigenvalue weighted by Gasteiger charge is 2.21. The number of hydrogen-bond acceptors (Lipinski definition) is 3. The zero-order chi connectivity index (χ0) is 20.8. The van der Waals surface area contributed by atoms with Gasteiger partial charge in [-0.15, -0.1) is 0 Å². The van der Waals surface area contributed by atoms with Gasteiger partial charge >= 0.3 is 0 Å². The van der Waals surface area contributed by atoms with E-state index < -0.39 is 0 Å². The predicted octanol–water partition coefficient (Wildman–Crippen LogP) is 4.88. The number of nitriles is 1. The van der Waals surface area contributed by atoms with Gasteiger partial charge in [0.2, 0.25) is 0 Å². The minimum atomic E-state index is -0.161. The molecule has 28 heavy (non-hydrogen) atoms. The van der Waals surface area contributed by atoms with Gasteiger partial charge in [0.25, 0.3) is 0 Å². The fourth-order valence-electron chi connectivity index (χ4n) is 3.47. The molecule has 0 amide bonds. The van der Waals surface area contributed by atoms with Crippen LogP contribution in [0.3, 0.4) is 0 Å². The van der Waals surface area contributed by atoms with Crippen LogP contribution in [-0.4, -0.2) is 14.8 Å². The number of nitrogens with zero attached hydrogens (tertiary/aromatic N) is 3. The second-order valence-corrected chi connectivity index (χ2v) is 8.53. The average molecular weight is 395 g/mol. The number of H-pyrrole nitrogens is 1. The third-order valence-electron chi connectivity index (χ3n) is 4.84. The summed E-state index contributed by atoms with van der Waals surface area (Å²) >= 11 is 6.55. The Hall–Kier alpha value is -2.84. The van der Waals surface area contributed by atoms with E-state index in [-0.39, 0.29) is 16.5 Å². The van der Waals surface area contributed by atoms with Crippen LogP contribution in [0.1, 0.15) is 43.3 Å². The fourth-order valence-corrected chi connectivity index (χ4v) is 3.92. The van der Waals surface area contributed by atoms with Gasteiger partial charge in [-0.05, 0) is 36.5 Å². The molecule has 1 N–H and O–H groups in total. The van der Waals surface area contributed by atoms with Crippen molar-refractivity contribution in [2.75, 3.05) is 0 Å². The lowest BCUT2D eigenvalue weighted by Gasteiger charge is -2.22. The Bertz CT molecular complexity index is 1170. The summed E-state index contributed by atoms with van der Waals surface area (Å²) in [4.78, 5) is 16.2. The van der Waals surface area contributed by atoms with Gasteiger partial charge in [0.15, 0.2) is 11.1 Å². The number of aromatic amines is 1. The van der Waals surface area contributed by atoms with E-state index in [9.17, 15) is 10.1 Å². The van der Waals surface area contributed by atoms with E-state index >= 15 is 0 Å². The van der Waals surface area contributed by atoms with Gasteiger partial charge in [-0.3, -0.25) is 9.48 Å². The van der Waals surface area contributed by atoms with Crippen molar-refractivity contribution in [3.05, 3.63) is 62.2 Å². The summed E-state index contributed by atoms with van der Waals surface area (Å²) in [6.07, 6.45) is 1.69. The predicted molar refractivity (Wildman–Crippen MR) is 113 cm³/mol. The molecular formula is C22H23ClN4O. The molecule has 0 aliphatic rings. The molecule has 0 atom stereocenters. The molecule has 0 aliphatic carbocycles. The van der Waals surface area contributed by atoms with Gasteiger partial charge in [0.1, 0.15) is 6.07 Å². The van der Waals surface area contributed by atoms with Gasteiger partial charge < -0.3 is 4.98 Å². The third kappa shape index (κ3) is 3.48. The minimum Gasteiger partial charge on any atom is -0.358 e. The standard InChI is InChI=1S/C22H23ClN4O/c1-12-7-16(22(3,4)5)17(23)8-14(12)18-9-20(28)21(13(2)25-18)15-11-27(6)26-19(15)10-24/h7-9,11H,1-6H3,(H,25,28). The lowest BCUT2D eigenvalue weighted by molar-refractivity contribution is 0.590. The van der Waals surface area contributed by atoms with Crippen molar-refractivity contribution in [3.8, 4) is 28.5 Å². The molecular weight excluding hydrogens is 372 g/mol. The Labute approximate surface area is 169 Å². The molecule has 1 aromatic carbocycles. The first-order valence-corrected chi connectivity index (χ1v) is 9.39. The summed E-state index contributed by atoms with van der Waals surface area (Å²) in [5.41, 5.74) is 5.38. The molecule has 0 bridgehead atoms. The molecule has 0 fully saturated rings. The maximum Gasteiger partial charge on any atom is 0.190 e. The van der Waals surface area contributed by atoms with Crippen molar-refractivity contribution < 1.29 is 0 Å². The van der Waals surface area contributed by atoms with E-state index in [2.05, 4.69) is 43.0 Å². The Kier molecular flexibility index (Phi) is 4.95. The van der Waals surface area contributed by atoms with Crippen molar-refractivity contribution in [3.63, 3.8) is 0 Å². The highest BCUT2D eigenvalue weighted by Crippen LogP contribution is 2.35. The van der Waals surface area contributed by atoms with Gasteiger partial charge in [0, 0.05) is 46.8 Å². The zero-order valence-electron chi connectivity index (χ0n) is 16.9. The van der Waals surface area contributed by atoms with Gasteiger partial charge in [-0.1, -0.05) is 38.4 Å². The second kappa shape index (κ2) is 6.96. The topological polar surface area (TPSA) is 74.5 Å². The molecule has 144 valence electrons. The van der Waals surface area contributed by atoms with E-state index in [1.165, 1.54) is 4.68 Å². The molecule has 2 heterocycles. The first-order valence-electron chi connectivity index (χ1n) is 9.02. The number of rotatable bonds is 2. The maximum absolute atomic E-state index is 12.9. The van der Waals surface area contributed by atoms with Crippen molar-refractivity contribution in [2.45, 2.75) is 40.0 Å². The number of nitrogens with one attached hydrogen (secondary N) is 1. The van der Waals surface area contributed by atoms with E-state index in [1.54, 1.807) is 19.3 Å². The molecule has 5 nitrogen and oxygen atoms in total. The van der Waals surface area contributed by atoms with Crippen molar-refractivity contribution in [1.29, 1.82) is 5.26 Å². The van der Waals surface area contributed by atoms with E-state index in [0.29, 0.717) is 27.5 Å². The number of aryl methyl sites for hydroxylation is 3. The highest BCUT2D eigenvalue weighted by molar-refractivity contribution is 6.31. The van der Waals surface area contributed by atoms with Crippen LogP contribution in [0.15, 0.2) is 29.2 Å². The van der Waals surface area contributed by atoms with Crippen LogP contribution in [0.25, 0.3) is 22.4 Å². The maximum atomic E-state index is 12.9. The Morgan fingerprint density at radius 2 is 1.86 bits per heavy atom. The first-order chi connectivity index (χ1) is 13.0. The molecule has 2 aromatic heterocycles. The van der Waals surface area contributed by atoms with Crippen LogP contribution in [0.2, 0.25) is 5.02 Å². The lowest BCUT2D eigenvalue weighted by atomic mass is 9.85. The van der Waals surface area contributed by atoms with Gasteiger partial charge in [-0.2, -0.15) is 10.4 Å². The third-order valence-corrected chi connectivity index (χ3v) is 5.15. The van der Waals surface area contributed by atoms with Gasteiger partial charge in [-0.25, -0.2) is 0 Å². The molecule has 6 heteroatoms. The van der Waals surface area contributed by atoms with E-state index in [0.717, 1.165) is 16.7 Å². The van der Waals surface area contributed by atoms with Crippen LogP contribution in [0.5, 0.6) is 0 Å². The van der Waals surface area contributed by atoms with E-state index in [1.807, 2.05) is 19.9 Å². The smallest absolute Gasteiger partial charge is 0.190 e. The van der Waals surface area contributed by atoms with Crippen LogP contribution >= 0.6 is 11.6 Å². The molecule has 0 spiro atoms. The summed E-state index contributed by atoms with van der Waals surface area (Å²) < 4.78 is 1.54. The number of pyridine rings is 1. The number of aromatic nitrogens is 3. The number of hydrogen-bond donors (Lipinski definition) is 1. The molecule has 3 aromatic rings. The monoisotopic (exact) mass is 394 g/mol.